The molecule has 2 aliphatic rings. The highest BCUT2D eigenvalue weighted by atomic mass is 19.1. The largest absolute Gasteiger partial charge is 0.391 e. The molecule has 1 heterocycles. The van der Waals surface area contributed by atoms with Gasteiger partial charge in [-0.3, -0.25) is 4.68 Å². The summed E-state index contributed by atoms with van der Waals surface area (Å²) in [7, 11) is 0. The standard InChI is InChI=1S/C16H18FN3O/c17-12-4-1-3-11-10(12)5-6-13(11)19-14-9-15(21)16(14)20-8-2-7-18-20/h1-4,7-8,13-16,19,21H,5-6,9H2/t13?,14-,15+,16+/m0/s1. The van der Waals surface area contributed by atoms with Crippen molar-refractivity contribution in [2.24, 2.45) is 0 Å². The van der Waals surface area contributed by atoms with Crippen molar-refractivity contribution in [3.8, 4) is 0 Å². The van der Waals surface area contributed by atoms with Gasteiger partial charge in [0.25, 0.3) is 0 Å². The molecule has 1 aromatic carbocycles. The Morgan fingerprint density at radius 3 is 3.00 bits per heavy atom. The first-order valence-corrected chi connectivity index (χ1v) is 7.44. The summed E-state index contributed by atoms with van der Waals surface area (Å²) in [6.45, 7) is 0. The van der Waals surface area contributed by atoms with E-state index in [1.165, 1.54) is 6.07 Å². The number of aliphatic hydroxyl groups excluding tert-OH is 1. The molecular formula is C16H18FN3O. The van der Waals surface area contributed by atoms with Gasteiger partial charge in [0.2, 0.25) is 0 Å². The fraction of sp³-hybridized carbons (Fsp3) is 0.438. The van der Waals surface area contributed by atoms with E-state index in [1.807, 2.05) is 23.0 Å². The Morgan fingerprint density at radius 1 is 1.33 bits per heavy atom. The quantitative estimate of drug-likeness (QED) is 0.907. The van der Waals surface area contributed by atoms with Crippen LogP contribution in [0.1, 0.15) is 36.1 Å². The van der Waals surface area contributed by atoms with Crippen LogP contribution in [0.15, 0.2) is 36.7 Å². The SMILES string of the molecule is O[C@@H]1C[C@H](NC2CCc3c(F)cccc32)[C@H]1n1cccn1. The maximum absolute atomic E-state index is 13.8. The average Bonchev–Trinajstić information content (AvgIpc) is 3.09. The number of aromatic nitrogens is 2. The highest BCUT2D eigenvalue weighted by Gasteiger charge is 2.43. The van der Waals surface area contributed by atoms with Crippen LogP contribution in [0.5, 0.6) is 0 Å². The molecule has 110 valence electrons. The summed E-state index contributed by atoms with van der Waals surface area (Å²) in [6.07, 6.45) is 5.64. The van der Waals surface area contributed by atoms with Gasteiger partial charge >= 0.3 is 0 Å². The molecule has 0 amide bonds. The lowest BCUT2D eigenvalue weighted by Crippen LogP contribution is -2.55. The molecule has 1 saturated carbocycles. The zero-order valence-corrected chi connectivity index (χ0v) is 11.6. The Balaban J connectivity index is 1.52. The van der Waals surface area contributed by atoms with Gasteiger partial charge in [-0.1, -0.05) is 12.1 Å². The second-order valence-electron chi connectivity index (χ2n) is 5.95. The number of hydrogen-bond donors (Lipinski definition) is 2. The van der Waals surface area contributed by atoms with Crippen LogP contribution >= 0.6 is 0 Å². The maximum atomic E-state index is 13.8. The molecule has 5 heteroatoms. The van der Waals surface area contributed by atoms with Crippen molar-refractivity contribution < 1.29 is 9.50 Å². The van der Waals surface area contributed by atoms with Crippen molar-refractivity contribution in [3.63, 3.8) is 0 Å². The summed E-state index contributed by atoms with van der Waals surface area (Å²) in [6, 6.07) is 7.49. The molecule has 1 aromatic heterocycles. The number of nitrogens with one attached hydrogen (secondary N) is 1. The third kappa shape index (κ3) is 2.08. The van der Waals surface area contributed by atoms with Gasteiger partial charge in [0.15, 0.2) is 0 Å². The van der Waals surface area contributed by atoms with E-state index >= 15 is 0 Å². The number of aliphatic hydroxyl groups is 1. The van der Waals surface area contributed by atoms with Crippen LogP contribution in [0.25, 0.3) is 0 Å². The fourth-order valence-corrected chi connectivity index (χ4v) is 3.64. The number of benzene rings is 1. The zero-order chi connectivity index (χ0) is 14.4. The predicted octanol–water partition coefficient (Wildman–Crippen LogP) is 1.97. The molecule has 2 aromatic rings. The average molecular weight is 287 g/mol. The topological polar surface area (TPSA) is 50.1 Å². The van der Waals surface area contributed by atoms with Crippen LogP contribution in [0.4, 0.5) is 4.39 Å². The molecular weight excluding hydrogens is 269 g/mol. The van der Waals surface area contributed by atoms with Crippen molar-refractivity contribution >= 4 is 0 Å². The Morgan fingerprint density at radius 2 is 2.24 bits per heavy atom. The Bertz CT molecular complexity index is 643. The molecule has 4 rings (SSSR count). The highest BCUT2D eigenvalue weighted by Crippen LogP contribution is 2.38. The minimum atomic E-state index is -0.365. The van der Waals surface area contributed by atoms with Crippen LogP contribution in [0.3, 0.4) is 0 Å². The third-order valence-electron chi connectivity index (χ3n) is 4.76. The number of halogens is 1. The minimum absolute atomic E-state index is 0.0300. The Kier molecular flexibility index (Phi) is 3.05. The van der Waals surface area contributed by atoms with E-state index in [4.69, 9.17) is 0 Å². The lowest BCUT2D eigenvalue weighted by Gasteiger charge is -2.43. The van der Waals surface area contributed by atoms with Crippen molar-refractivity contribution in [2.75, 3.05) is 0 Å². The Hall–Kier alpha value is -1.72. The van der Waals surface area contributed by atoms with Gasteiger partial charge in [0.05, 0.1) is 12.1 Å². The molecule has 0 aliphatic heterocycles. The maximum Gasteiger partial charge on any atom is 0.126 e. The van der Waals surface area contributed by atoms with Gasteiger partial charge in [-0.25, -0.2) is 4.39 Å². The lowest BCUT2D eigenvalue weighted by molar-refractivity contribution is -0.0117. The number of nitrogens with zero attached hydrogens (tertiary/aromatic N) is 2. The first kappa shape index (κ1) is 13.0. The molecule has 1 unspecified atom stereocenters. The zero-order valence-electron chi connectivity index (χ0n) is 11.6. The third-order valence-corrected chi connectivity index (χ3v) is 4.76. The van der Waals surface area contributed by atoms with Crippen LogP contribution in [0.2, 0.25) is 0 Å². The first-order chi connectivity index (χ1) is 10.2. The summed E-state index contributed by atoms with van der Waals surface area (Å²) < 4.78 is 15.6. The molecule has 0 saturated heterocycles. The van der Waals surface area contributed by atoms with Gasteiger partial charge in [0, 0.05) is 24.5 Å². The smallest absolute Gasteiger partial charge is 0.126 e. The molecule has 2 aliphatic carbocycles. The van der Waals surface area contributed by atoms with Gasteiger partial charge in [0.1, 0.15) is 5.82 Å². The normalized spacial score (nSPS) is 31.0. The molecule has 2 N–H and O–H groups in total. The first-order valence-electron chi connectivity index (χ1n) is 7.44. The summed E-state index contributed by atoms with van der Waals surface area (Å²) >= 11 is 0. The fourth-order valence-electron chi connectivity index (χ4n) is 3.64. The van der Waals surface area contributed by atoms with Gasteiger partial charge < -0.3 is 10.4 Å². The molecule has 0 spiro atoms. The van der Waals surface area contributed by atoms with Crippen molar-refractivity contribution in [1.82, 2.24) is 15.1 Å². The van der Waals surface area contributed by atoms with E-state index in [9.17, 15) is 9.50 Å². The van der Waals surface area contributed by atoms with Crippen molar-refractivity contribution in [2.45, 2.75) is 43.5 Å². The van der Waals surface area contributed by atoms with Crippen LogP contribution in [0, 0.1) is 5.82 Å². The number of hydrogen-bond acceptors (Lipinski definition) is 3. The second-order valence-corrected chi connectivity index (χ2v) is 5.95. The van der Waals surface area contributed by atoms with E-state index < -0.39 is 0 Å². The van der Waals surface area contributed by atoms with Gasteiger partial charge in [-0.15, -0.1) is 0 Å². The van der Waals surface area contributed by atoms with Crippen LogP contribution in [-0.4, -0.2) is 27.0 Å². The van der Waals surface area contributed by atoms with Gasteiger partial charge in [-0.05, 0) is 42.5 Å². The predicted molar refractivity (Wildman–Crippen MR) is 76.3 cm³/mol. The summed E-state index contributed by atoms with van der Waals surface area (Å²) in [5, 5.41) is 17.8. The molecule has 21 heavy (non-hydrogen) atoms. The molecule has 0 bridgehead atoms. The van der Waals surface area contributed by atoms with Gasteiger partial charge in [-0.2, -0.15) is 5.10 Å². The lowest BCUT2D eigenvalue weighted by atomic mass is 9.82. The van der Waals surface area contributed by atoms with Crippen molar-refractivity contribution in [3.05, 3.63) is 53.6 Å². The second kappa shape index (κ2) is 4.93. The number of rotatable bonds is 3. The molecule has 0 radical (unpaired) electrons. The van der Waals surface area contributed by atoms with E-state index in [0.29, 0.717) is 6.42 Å². The van der Waals surface area contributed by atoms with E-state index in [-0.39, 0.29) is 30.0 Å². The summed E-state index contributed by atoms with van der Waals surface area (Å²) in [5.74, 6) is -0.103. The molecule has 4 atom stereocenters. The monoisotopic (exact) mass is 287 g/mol. The summed E-state index contributed by atoms with van der Waals surface area (Å²) in [4.78, 5) is 0. The van der Waals surface area contributed by atoms with Crippen LogP contribution in [-0.2, 0) is 6.42 Å². The van der Waals surface area contributed by atoms with E-state index in [1.54, 1.807) is 12.3 Å². The number of fused-ring (bicyclic) bond motifs is 1. The summed E-state index contributed by atoms with van der Waals surface area (Å²) in [5.41, 5.74) is 1.90. The molecule has 1 fully saturated rings. The van der Waals surface area contributed by atoms with Crippen LogP contribution < -0.4 is 5.32 Å². The highest BCUT2D eigenvalue weighted by molar-refractivity contribution is 5.35. The van der Waals surface area contributed by atoms with E-state index in [2.05, 4.69) is 10.4 Å². The van der Waals surface area contributed by atoms with E-state index in [0.717, 1.165) is 24.0 Å². The molecule has 4 nitrogen and oxygen atoms in total. The van der Waals surface area contributed by atoms with Crippen molar-refractivity contribution in [1.29, 1.82) is 0 Å². The Labute approximate surface area is 122 Å². The minimum Gasteiger partial charge on any atom is -0.391 e.